The summed E-state index contributed by atoms with van der Waals surface area (Å²) in [5.41, 5.74) is 5.75. The lowest BCUT2D eigenvalue weighted by Gasteiger charge is -2.20. The van der Waals surface area contributed by atoms with Gasteiger partial charge in [-0.1, -0.05) is 18.3 Å². The maximum Gasteiger partial charge on any atom is 0.267 e. The van der Waals surface area contributed by atoms with Gasteiger partial charge in [-0.15, -0.1) is 0 Å². The molecule has 1 amide bonds. The van der Waals surface area contributed by atoms with Crippen molar-refractivity contribution in [2.75, 3.05) is 37.3 Å². The van der Waals surface area contributed by atoms with Gasteiger partial charge in [-0.3, -0.25) is 4.79 Å². The van der Waals surface area contributed by atoms with Crippen molar-refractivity contribution in [1.82, 2.24) is 9.88 Å². The molecular formula is C11H20N4O2S. The van der Waals surface area contributed by atoms with Crippen LogP contribution in [0.1, 0.15) is 29.9 Å². The van der Waals surface area contributed by atoms with Crippen LogP contribution >= 0.6 is 11.3 Å². The number of aliphatic hydroxyl groups excluding tert-OH is 1. The molecule has 0 aliphatic heterocycles. The molecule has 0 atom stereocenters. The van der Waals surface area contributed by atoms with Crippen molar-refractivity contribution in [3.05, 3.63) is 4.88 Å². The van der Waals surface area contributed by atoms with Crippen molar-refractivity contribution in [3.8, 4) is 0 Å². The SMILES string of the molecule is CCCN(CCO)C(=O)c1sc(NCC)nc1N. The first-order chi connectivity index (χ1) is 8.63. The van der Waals surface area contributed by atoms with Crippen molar-refractivity contribution in [3.63, 3.8) is 0 Å². The number of anilines is 2. The Morgan fingerprint density at radius 1 is 1.50 bits per heavy atom. The zero-order valence-electron chi connectivity index (χ0n) is 10.8. The van der Waals surface area contributed by atoms with Crippen LogP contribution in [-0.4, -0.2) is 47.1 Å². The fourth-order valence-corrected chi connectivity index (χ4v) is 2.48. The molecule has 102 valence electrons. The van der Waals surface area contributed by atoms with E-state index in [1.807, 2.05) is 13.8 Å². The Bertz CT molecular complexity index is 388. The van der Waals surface area contributed by atoms with E-state index in [1.165, 1.54) is 11.3 Å². The van der Waals surface area contributed by atoms with Crippen molar-refractivity contribution in [2.24, 2.45) is 0 Å². The molecule has 0 radical (unpaired) electrons. The Kier molecular flexibility index (Phi) is 5.87. The number of amides is 1. The second kappa shape index (κ2) is 7.17. The summed E-state index contributed by atoms with van der Waals surface area (Å²) in [5.74, 6) is 0.0880. The summed E-state index contributed by atoms with van der Waals surface area (Å²) in [5, 5.41) is 12.7. The molecule has 0 spiro atoms. The van der Waals surface area contributed by atoms with Crippen LogP contribution in [0.15, 0.2) is 0 Å². The maximum absolute atomic E-state index is 12.2. The summed E-state index contributed by atoms with van der Waals surface area (Å²) >= 11 is 1.25. The molecule has 18 heavy (non-hydrogen) atoms. The van der Waals surface area contributed by atoms with E-state index in [0.717, 1.165) is 13.0 Å². The van der Waals surface area contributed by atoms with Crippen molar-refractivity contribution in [1.29, 1.82) is 0 Å². The van der Waals surface area contributed by atoms with E-state index in [1.54, 1.807) is 4.90 Å². The van der Waals surface area contributed by atoms with Crippen molar-refractivity contribution >= 4 is 28.2 Å². The molecule has 0 aliphatic carbocycles. The highest BCUT2D eigenvalue weighted by atomic mass is 32.1. The summed E-state index contributed by atoms with van der Waals surface area (Å²) in [6.07, 6.45) is 0.838. The molecule has 0 aliphatic rings. The van der Waals surface area contributed by atoms with Crippen LogP contribution in [0.3, 0.4) is 0 Å². The minimum Gasteiger partial charge on any atom is -0.395 e. The molecule has 0 saturated heterocycles. The fraction of sp³-hybridized carbons (Fsp3) is 0.636. The van der Waals surface area contributed by atoms with Gasteiger partial charge < -0.3 is 21.1 Å². The molecule has 7 heteroatoms. The molecule has 0 unspecified atom stereocenters. The van der Waals surface area contributed by atoms with Crippen molar-refractivity contribution in [2.45, 2.75) is 20.3 Å². The largest absolute Gasteiger partial charge is 0.395 e. The molecule has 1 rings (SSSR count). The Hall–Kier alpha value is -1.34. The predicted molar refractivity (Wildman–Crippen MR) is 74.0 cm³/mol. The number of aromatic nitrogens is 1. The minimum atomic E-state index is -0.162. The number of aliphatic hydroxyl groups is 1. The standard InChI is InChI=1S/C11H20N4O2S/c1-3-5-15(6-7-16)10(17)8-9(12)14-11(18-8)13-4-2/h16H,3-7,12H2,1-2H3,(H,13,14). The second-order valence-electron chi connectivity index (χ2n) is 3.78. The molecule has 1 aromatic rings. The van der Waals surface area contributed by atoms with E-state index >= 15 is 0 Å². The number of carbonyl (C=O) groups excluding carboxylic acids is 1. The Labute approximate surface area is 111 Å². The van der Waals surface area contributed by atoms with E-state index in [2.05, 4.69) is 10.3 Å². The van der Waals surface area contributed by atoms with Crippen molar-refractivity contribution < 1.29 is 9.90 Å². The molecule has 0 bridgehead atoms. The van der Waals surface area contributed by atoms with Gasteiger partial charge in [0, 0.05) is 19.6 Å². The van der Waals surface area contributed by atoms with E-state index in [0.29, 0.717) is 23.1 Å². The van der Waals surface area contributed by atoms with Gasteiger partial charge in [0.15, 0.2) is 5.13 Å². The Morgan fingerprint density at radius 3 is 2.78 bits per heavy atom. The van der Waals surface area contributed by atoms with Crippen LogP contribution in [0.25, 0.3) is 0 Å². The lowest BCUT2D eigenvalue weighted by Crippen LogP contribution is -2.34. The van der Waals surface area contributed by atoms with E-state index in [4.69, 9.17) is 10.8 Å². The zero-order chi connectivity index (χ0) is 13.5. The monoisotopic (exact) mass is 272 g/mol. The van der Waals surface area contributed by atoms with Gasteiger partial charge in [0.05, 0.1) is 6.61 Å². The Morgan fingerprint density at radius 2 is 2.22 bits per heavy atom. The third-order valence-corrected chi connectivity index (χ3v) is 3.34. The smallest absolute Gasteiger partial charge is 0.267 e. The van der Waals surface area contributed by atoms with Gasteiger partial charge in [0.25, 0.3) is 5.91 Å². The number of thiazole rings is 1. The highest BCUT2D eigenvalue weighted by molar-refractivity contribution is 7.18. The molecule has 1 heterocycles. The van der Waals surface area contributed by atoms with E-state index < -0.39 is 0 Å². The lowest BCUT2D eigenvalue weighted by molar-refractivity contribution is 0.0727. The summed E-state index contributed by atoms with van der Waals surface area (Å²) in [4.78, 5) is 18.4. The van der Waals surface area contributed by atoms with Crippen LogP contribution in [0.4, 0.5) is 10.9 Å². The number of carbonyl (C=O) groups is 1. The van der Waals surface area contributed by atoms with Crippen LogP contribution in [0, 0.1) is 0 Å². The highest BCUT2D eigenvalue weighted by Crippen LogP contribution is 2.26. The van der Waals surface area contributed by atoms with Crippen LogP contribution in [-0.2, 0) is 0 Å². The average molecular weight is 272 g/mol. The van der Waals surface area contributed by atoms with Gasteiger partial charge in [-0.2, -0.15) is 0 Å². The van der Waals surface area contributed by atoms with Gasteiger partial charge >= 0.3 is 0 Å². The molecule has 0 fully saturated rings. The average Bonchev–Trinajstić information content (AvgIpc) is 2.70. The van der Waals surface area contributed by atoms with Crippen LogP contribution in [0.2, 0.25) is 0 Å². The number of hydrogen-bond donors (Lipinski definition) is 3. The summed E-state index contributed by atoms with van der Waals surface area (Å²) in [6.45, 7) is 5.54. The predicted octanol–water partition coefficient (Wildman–Crippen LogP) is 1.00. The van der Waals surface area contributed by atoms with Gasteiger partial charge in [0.1, 0.15) is 10.7 Å². The summed E-state index contributed by atoms with van der Waals surface area (Å²) in [6, 6.07) is 0. The first-order valence-corrected chi connectivity index (χ1v) is 6.85. The van der Waals surface area contributed by atoms with E-state index in [9.17, 15) is 4.79 Å². The highest BCUT2D eigenvalue weighted by Gasteiger charge is 2.21. The van der Waals surface area contributed by atoms with Gasteiger partial charge in [0.2, 0.25) is 0 Å². The molecular weight excluding hydrogens is 252 g/mol. The van der Waals surface area contributed by atoms with Gasteiger partial charge in [-0.05, 0) is 13.3 Å². The number of nitrogens with one attached hydrogen (secondary N) is 1. The minimum absolute atomic E-state index is 0.0511. The van der Waals surface area contributed by atoms with E-state index in [-0.39, 0.29) is 18.3 Å². The molecule has 0 aromatic carbocycles. The third kappa shape index (κ3) is 3.58. The van der Waals surface area contributed by atoms with Crippen LogP contribution < -0.4 is 11.1 Å². The maximum atomic E-state index is 12.2. The number of hydrogen-bond acceptors (Lipinski definition) is 6. The summed E-state index contributed by atoms with van der Waals surface area (Å²) in [7, 11) is 0. The summed E-state index contributed by atoms with van der Waals surface area (Å²) < 4.78 is 0. The molecule has 6 nitrogen and oxygen atoms in total. The first kappa shape index (κ1) is 14.7. The number of rotatable bonds is 7. The zero-order valence-corrected chi connectivity index (χ0v) is 11.6. The molecule has 0 saturated carbocycles. The quantitative estimate of drug-likeness (QED) is 0.689. The second-order valence-corrected chi connectivity index (χ2v) is 4.78. The number of nitrogens with zero attached hydrogens (tertiary/aromatic N) is 2. The number of nitrogen functional groups attached to an aromatic ring is 1. The lowest BCUT2D eigenvalue weighted by atomic mass is 10.3. The first-order valence-electron chi connectivity index (χ1n) is 6.04. The molecule has 4 N–H and O–H groups in total. The third-order valence-electron chi connectivity index (χ3n) is 2.33. The van der Waals surface area contributed by atoms with Crippen LogP contribution in [0.5, 0.6) is 0 Å². The number of nitrogens with two attached hydrogens (primary N) is 1. The Balaban J connectivity index is 2.86. The molecule has 1 aromatic heterocycles. The fourth-order valence-electron chi connectivity index (χ4n) is 1.56. The normalized spacial score (nSPS) is 10.4. The topological polar surface area (TPSA) is 91.5 Å². The van der Waals surface area contributed by atoms with Gasteiger partial charge in [-0.25, -0.2) is 4.98 Å².